The van der Waals surface area contributed by atoms with Crippen molar-refractivity contribution in [2.75, 3.05) is 7.11 Å². The Kier molecular flexibility index (Phi) is 8.92. The number of aromatic nitrogens is 2. The van der Waals surface area contributed by atoms with Gasteiger partial charge >= 0.3 is 0 Å². The first-order chi connectivity index (χ1) is 10.6. The molecule has 0 amide bonds. The first-order valence-corrected chi connectivity index (χ1v) is 9.24. The second-order valence-corrected chi connectivity index (χ2v) is 6.89. The van der Waals surface area contributed by atoms with Gasteiger partial charge in [0.25, 0.3) is 0 Å². The Morgan fingerprint density at radius 3 is 2.18 bits per heavy atom. The summed E-state index contributed by atoms with van der Waals surface area (Å²) in [7, 11) is 1.67. The number of ether oxygens (including phenoxy) is 1. The fraction of sp³-hybridized carbons (Fsp3) is 0.833. The summed E-state index contributed by atoms with van der Waals surface area (Å²) >= 11 is 6.16. The van der Waals surface area contributed by atoms with Gasteiger partial charge in [0.05, 0.1) is 13.4 Å². The highest BCUT2D eigenvalue weighted by atomic mass is 35.5. The molecule has 1 aromatic heterocycles. The minimum absolute atomic E-state index is 0.0485. The van der Waals surface area contributed by atoms with Crippen molar-refractivity contribution in [2.45, 2.75) is 90.5 Å². The highest BCUT2D eigenvalue weighted by Crippen LogP contribution is 2.36. The molecule has 0 fully saturated rings. The molecule has 0 N–H and O–H groups in total. The van der Waals surface area contributed by atoms with E-state index in [1.807, 2.05) is 6.33 Å². The van der Waals surface area contributed by atoms with Crippen LogP contribution in [-0.2, 0) is 5.54 Å². The molecular formula is C18H33ClN2O. The maximum atomic E-state index is 6.16. The molecule has 3 nitrogen and oxygen atoms in total. The van der Waals surface area contributed by atoms with Gasteiger partial charge in [0.2, 0.25) is 5.88 Å². The van der Waals surface area contributed by atoms with E-state index in [9.17, 15) is 0 Å². The summed E-state index contributed by atoms with van der Waals surface area (Å²) in [4.78, 5) is 4.24. The summed E-state index contributed by atoms with van der Waals surface area (Å²) in [6.07, 6.45) is 14.4. The van der Waals surface area contributed by atoms with E-state index in [4.69, 9.17) is 16.3 Å². The normalized spacial score (nSPS) is 14.0. The van der Waals surface area contributed by atoms with Crippen molar-refractivity contribution >= 4 is 11.6 Å². The molecule has 1 unspecified atom stereocenters. The Morgan fingerprint density at radius 2 is 1.59 bits per heavy atom. The maximum Gasteiger partial charge on any atom is 0.233 e. The molecule has 1 heterocycles. The van der Waals surface area contributed by atoms with Crippen molar-refractivity contribution in [1.29, 1.82) is 0 Å². The lowest BCUT2D eigenvalue weighted by molar-refractivity contribution is 0.222. The van der Waals surface area contributed by atoms with Crippen LogP contribution < -0.4 is 4.74 Å². The summed E-state index contributed by atoms with van der Waals surface area (Å²) in [5, 5.41) is 0.468. The van der Waals surface area contributed by atoms with E-state index in [0.29, 0.717) is 11.0 Å². The highest BCUT2D eigenvalue weighted by Gasteiger charge is 2.29. The topological polar surface area (TPSA) is 27.1 Å². The molecule has 128 valence electrons. The minimum atomic E-state index is 0.0485. The largest absolute Gasteiger partial charge is 0.480 e. The van der Waals surface area contributed by atoms with Crippen LogP contribution in [-0.4, -0.2) is 16.7 Å². The molecule has 0 aliphatic heterocycles. The predicted molar refractivity (Wildman–Crippen MR) is 95.0 cm³/mol. The Bertz CT molecular complexity index is 419. The molecule has 0 radical (unpaired) electrons. The molecule has 0 aromatic carbocycles. The summed E-state index contributed by atoms with van der Waals surface area (Å²) in [6.45, 7) is 6.83. The van der Waals surface area contributed by atoms with Crippen LogP contribution in [0.3, 0.4) is 0 Å². The maximum absolute atomic E-state index is 6.16. The lowest BCUT2D eigenvalue weighted by atomic mass is 9.88. The molecule has 0 aliphatic rings. The van der Waals surface area contributed by atoms with Gasteiger partial charge in [0, 0.05) is 5.54 Å². The first kappa shape index (κ1) is 19.3. The van der Waals surface area contributed by atoms with Gasteiger partial charge in [-0.2, -0.15) is 0 Å². The van der Waals surface area contributed by atoms with Gasteiger partial charge in [-0.1, -0.05) is 76.8 Å². The zero-order chi connectivity index (χ0) is 16.4. The lowest BCUT2D eigenvalue weighted by Gasteiger charge is -2.32. The zero-order valence-corrected chi connectivity index (χ0v) is 15.6. The van der Waals surface area contributed by atoms with Gasteiger partial charge in [-0.3, -0.25) is 4.57 Å². The quantitative estimate of drug-likeness (QED) is 0.427. The van der Waals surface area contributed by atoms with Crippen LogP contribution in [0, 0.1) is 0 Å². The fourth-order valence-corrected chi connectivity index (χ4v) is 3.33. The Morgan fingerprint density at radius 1 is 1.05 bits per heavy atom. The van der Waals surface area contributed by atoms with Crippen LogP contribution in [0.25, 0.3) is 0 Å². The molecule has 1 rings (SSSR count). The van der Waals surface area contributed by atoms with E-state index in [1.165, 1.54) is 51.4 Å². The standard InChI is InChI=1S/C18H33ClN2O/c1-5-7-9-10-12-14-18(3,13-11-8-6-2)21-15-20-16(19)17(21)22-4/h15H,5-14H2,1-4H3. The van der Waals surface area contributed by atoms with E-state index in [2.05, 4.69) is 30.3 Å². The number of methoxy groups -OCH3 is 1. The summed E-state index contributed by atoms with van der Waals surface area (Å²) < 4.78 is 7.64. The molecule has 22 heavy (non-hydrogen) atoms. The third-order valence-corrected chi connectivity index (χ3v) is 4.85. The smallest absolute Gasteiger partial charge is 0.233 e. The van der Waals surface area contributed by atoms with Crippen LogP contribution in [0.2, 0.25) is 5.15 Å². The van der Waals surface area contributed by atoms with E-state index >= 15 is 0 Å². The average Bonchev–Trinajstić information content (AvgIpc) is 2.89. The molecule has 1 atom stereocenters. The third-order valence-electron chi connectivity index (χ3n) is 4.59. The van der Waals surface area contributed by atoms with Gasteiger partial charge in [0.15, 0.2) is 5.15 Å². The Hall–Kier alpha value is -0.700. The first-order valence-electron chi connectivity index (χ1n) is 8.86. The fourth-order valence-electron chi connectivity index (χ4n) is 3.11. The molecule has 4 heteroatoms. The van der Waals surface area contributed by atoms with Crippen LogP contribution >= 0.6 is 11.6 Å². The van der Waals surface area contributed by atoms with E-state index in [-0.39, 0.29) is 5.54 Å². The van der Waals surface area contributed by atoms with Crippen LogP contribution in [0.5, 0.6) is 5.88 Å². The van der Waals surface area contributed by atoms with Crippen molar-refractivity contribution in [3.63, 3.8) is 0 Å². The summed E-state index contributed by atoms with van der Waals surface area (Å²) in [6, 6.07) is 0. The second-order valence-electron chi connectivity index (χ2n) is 6.53. The van der Waals surface area contributed by atoms with E-state index < -0.39 is 0 Å². The Labute approximate surface area is 141 Å². The van der Waals surface area contributed by atoms with Crippen molar-refractivity contribution < 1.29 is 4.74 Å². The number of unbranched alkanes of at least 4 members (excludes halogenated alkanes) is 6. The number of nitrogens with zero attached hydrogens (tertiary/aromatic N) is 2. The number of hydrogen-bond donors (Lipinski definition) is 0. The monoisotopic (exact) mass is 328 g/mol. The number of imidazole rings is 1. The summed E-state index contributed by atoms with van der Waals surface area (Å²) in [5.41, 5.74) is 0.0485. The SMILES string of the molecule is CCCCCCCC(C)(CCCCC)n1cnc(Cl)c1OC. The highest BCUT2D eigenvalue weighted by molar-refractivity contribution is 6.30. The molecule has 0 saturated heterocycles. The average molecular weight is 329 g/mol. The molecule has 0 aliphatic carbocycles. The van der Waals surface area contributed by atoms with E-state index in [0.717, 1.165) is 12.8 Å². The molecule has 1 aromatic rings. The van der Waals surface area contributed by atoms with Crippen molar-refractivity contribution in [3.8, 4) is 5.88 Å². The summed E-state index contributed by atoms with van der Waals surface area (Å²) in [5.74, 6) is 0.703. The molecule has 0 bridgehead atoms. The van der Waals surface area contributed by atoms with Gasteiger partial charge in [-0.25, -0.2) is 4.98 Å². The number of halogens is 1. The van der Waals surface area contributed by atoms with Gasteiger partial charge < -0.3 is 4.74 Å². The zero-order valence-electron chi connectivity index (χ0n) is 14.8. The van der Waals surface area contributed by atoms with Gasteiger partial charge in [0.1, 0.15) is 0 Å². The minimum Gasteiger partial charge on any atom is -0.480 e. The number of hydrogen-bond acceptors (Lipinski definition) is 2. The van der Waals surface area contributed by atoms with Crippen molar-refractivity contribution in [3.05, 3.63) is 11.5 Å². The molecule has 0 saturated carbocycles. The third kappa shape index (κ3) is 5.49. The predicted octanol–water partition coefficient (Wildman–Crippen LogP) is 6.20. The molecular weight excluding hydrogens is 296 g/mol. The second kappa shape index (κ2) is 10.1. The van der Waals surface area contributed by atoms with Gasteiger partial charge in [-0.15, -0.1) is 0 Å². The molecule has 0 spiro atoms. The Balaban J connectivity index is 2.76. The van der Waals surface area contributed by atoms with Crippen LogP contribution in [0.1, 0.15) is 85.0 Å². The van der Waals surface area contributed by atoms with Crippen molar-refractivity contribution in [1.82, 2.24) is 9.55 Å². The lowest BCUT2D eigenvalue weighted by Crippen LogP contribution is -2.30. The van der Waals surface area contributed by atoms with Crippen LogP contribution in [0.15, 0.2) is 6.33 Å². The van der Waals surface area contributed by atoms with Crippen LogP contribution in [0.4, 0.5) is 0 Å². The van der Waals surface area contributed by atoms with Crippen molar-refractivity contribution in [2.24, 2.45) is 0 Å². The van der Waals surface area contributed by atoms with E-state index in [1.54, 1.807) is 7.11 Å². The van der Waals surface area contributed by atoms with Gasteiger partial charge in [-0.05, 0) is 19.8 Å². The number of rotatable bonds is 12.